The number of hydrogen-bond acceptors (Lipinski definition) is 1. The maximum absolute atomic E-state index is 5.48. The second kappa shape index (κ2) is 7.45. The largest absolute Gasteiger partial charge is 0.364 e. The highest BCUT2D eigenvalue weighted by Gasteiger charge is 2.05. The molecule has 3 aromatic rings. The maximum Gasteiger partial charge on any atom is 0.143 e. The SMILES string of the molecule is COC(C#Cc1ccc(-c2ccccc2)cc1)c1ccccc1. The van der Waals surface area contributed by atoms with Crippen molar-refractivity contribution in [2.45, 2.75) is 6.10 Å². The van der Waals surface area contributed by atoms with Crippen molar-refractivity contribution in [3.05, 3.63) is 96.1 Å². The molecule has 23 heavy (non-hydrogen) atoms. The molecule has 3 aromatic carbocycles. The molecule has 0 bridgehead atoms. The van der Waals surface area contributed by atoms with Crippen molar-refractivity contribution in [3.63, 3.8) is 0 Å². The van der Waals surface area contributed by atoms with Crippen molar-refractivity contribution in [2.24, 2.45) is 0 Å². The van der Waals surface area contributed by atoms with Crippen LogP contribution in [0, 0.1) is 11.8 Å². The summed E-state index contributed by atoms with van der Waals surface area (Å²) in [6.45, 7) is 0. The Morgan fingerprint density at radius 1 is 0.696 bits per heavy atom. The summed E-state index contributed by atoms with van der Waals surface area (Å²) in [5.41, 5.74) is 4.47. The van der Waals surface area contributed by atoms with Crippen molar-refractivity contribution in [2.75, 3.05) is 7.11 Å². The summed E-state index contributed by atoms with van der Waals surface area (Å²) in [5.74, 6) is 6.39. The highest BCUT2D eigenvalue weighted by Crippen LogP contribution is 2.19. The van der Waals surface area contributed by atoms with Crippen molar-refractivity contribution in [3.8, 4) is 23.0 Å². The van der Waals surface area contributed by atoms with Gasteiger partial charge in [0.25, 0.3) is 0 Å². The van der Waals surface area contributed by atoms with Crippen LogP contribution in [0.1, 0.15) is 17.2 Å². The van der Waals surface area contributed by atoms with Crippen LogP contribution in [0.25, 0.3) is 11.1 Å². The van der Waals surface area contributed by atoms with E-state index >= 15 is 0 Å². The van der Waals surface area contributed by atoms with Crippen LogP contribution < -0.4 is 0 Å². The zero-order valence-electron chi connectivity index (χ0n) is 13.1. The lowest BCUT2D eigenvalue weighted by atomic mass is 10.0. The molecule has 1 nitrogen and oxygen atoms in total. The molecular weight excluding hydrogens is 280 g/mol. The first-order valence-corrected chi connectivity index (χ1v) is 7.61. The fourth-order valence-electron chi connectivity index (χ4n) is 2.43. The molecule has 1 atom stereocenters. The van der Waals surface area contributed by atoms with Gasteiger partial charge in [-0.25, -0.2) is 0 Å². The molecule has 112 valence electrons. The van der Waals surface area contributed by atoms with Gasteiger partial charge >= 0.3 is 0 Å². The van der Waals surface area contributed by atoms with Crippen LogP contribution in [0.15, 0.2) is 84.9 Å². The zero-order chi connectivity index (χ0) is 15.9. The summed E-state index contributed by atoms with van der Waals surface area (Å²) >= 11 is 0. The van der Waals surface area contributed by atoms with Crippen molar-refractivity contribution in [1.29, 1.82) is 0 Å². The number of ether oxygens (including phenoxy) is 1. The van der Waals surface area contributed by atoms with E-state index in [1.807, 2.05) is 60.7 Å². The molecular formula is C22H18O. The summed E-state index contributed by atoms with van der Waals surface area (Å²) in [4.78, 5) is 0. The minimum atomic E-state index is -0.204. The van der Waals surface area contributed by atoms with E-state index in [2.05, 4.69) is 36.1 Å². The molecule has 0 N–H and O–H groups in total. The Bertz CT molecular complexity index is 793. The van der Waals surface area contributed by atoms with Crippen molar-refractivity contribution in [1.82, 2.24) is 0 Å². The fraction of sp³-hybridized carbons (Fsp3) is 0.0909. The molecule has 0 fully saturated rings. The number of benzene rings is 3. The van der Waals surface area contributed by atoms with E-state index in [9.17, 15) is 0 Å². The molecule has 0 aliphatic rings. The molecule has 0 aromatic heterocycles. The molecule has 3 rings (SSSR count). The molecule has 0 heterocycles. The Kier molecular flexibility index (Phi) is 4.88. The van der Waals surface area contributed by atoms with Gasteiger partial charge in [0, 0.05) is 12.7 Å². The highest BCUT2D eigenvalue weighted by molar-refractivity contribution is 5.64. The average molecular weight is 298 g/mol. The second-order valence-corrected chi connectivity index (χ2v) is 5.24. The normalized spacial score (nSPS) is 11.3. The minimum Gasteiger partial charge on any atom is -0.364 e. The van der Waals surface area contributed by atoms with Gasteiger partial charge < -0.3 is 4.74 Å². The van der Waals surface area contributed by atoms with Gasteiger partial charge in [-0.05, 0) is 28.8 Å². The lowest BCUT2D eigenvalue weighted by Crippen LogP contribution is -1.97. The Balaban J connectivity index is 1.79. The van der Waals surface area contributed by atoms with Crippen LogP contribution in [-0.4, -0.2) is 7.11 Å². The third-order valence-corrected chi connectivity index (χ3v) is 3.68. The Hall–Kier alpha value is -2.82. The molecule has 0 saturated carbocycles. The van der Waals surface area contributed by atoms with Gasteiger partial charge in [0.1, 0.15) is 6.10 Å². The highest BCUT2D eigenvalue weighted by atomic mass is 16.5. The topological polar surface area (TPSA) is 9.23 Å². The van der Waals surface area contributed by atoms with E-state index < -0.39 is 0 Å². The van der Waals surface area contributed by atoms with E-state index in [0.29, 0.717) is 0 Å². The number of methoxy groups -OCH3 is 1. The van der Waals surface area contributed by atoms with Gasteiger partial charge in [-0.1, -0.05) is 84.6 Å². The monoisotopic (exact) mass is 298 g/mol. The standard InChI is InChI=1S/C22H18O/c1-23-22(21-10-6-3-7-11-21)17-14-18-12-15-20(16-13-18)19-8-4-2-5-9-19/h2-13,15-16,22H,1H3. The molecule has 0 amide bonds. The van der Waals surface area contributed by atoms with E-state index in [1.54, 1.807) is 7.11 Å². The van der Waals surface area contributed by atoms with Crippen LogP contribution >= 0.6 is 0 Å². The lowest BCUT2D eigenvalue weighted by Gasteiger charge is -2.08. The third kappa shape index (κ3) is 3.88. The van der Waals surface area contributed by atoms with E-state index in [4.69, 9.17) is 4.74 Å². The summed E-state index contributed by atoms with van der Waals surface area (Å²) in [7, 11) is 1.69. The van der Waals surface area contributed by atoms with E-state index in [-0.39, 0.29) is 6.10 Å². The van der Waals surface area contributed by atoms with E-state index in [1.165, 1.54) is 11.1 Å². The molecule has 0 radical (unpaired) electrons. The smallest absolute Gasteiger partial charge is 0.143 e. The summed E-state index contributed by atoms with van der Waals surface area (Å²) in [5, 5.41) is 0. The summed E-state index contributed by atoms with van der Waals surface area (Å²) in [6.07, 6.45) is -0.204. The molecule has 1 heteroatoms. The molecule has 1 unspecified atom stereocenters. The molecule has 0 aliphatic carbocycles. The van der Waals surface area contributed by atoms with Gasteiger partial charge in [0.15, 0.2) is 0 Å². The maximum atomic E-state index is 5.48. The quantitative estimate of drug-likeness (QED) is 0.612. The van der Waals surface area contributed by atoms with Crippen LogP contribution in [-0.2, 0) is 4.74 Å². The van der Waals surface area contributed by atoms with Crippen LogP contribution in [0.2, 0.25) is 0 Å². The van der Waals surface area contributed by atoms with E-state index in [0.717, 1.165) is 11.1 Å². The Morgan fingerprint density at radius 3 is 1.87 bits per heavy atom. The van der Waals surface area contributed by atoms with Gasteiger partial charge in [-0.3, -0.25) is 0 Å². The first kappa shape index (κ1) is 15.1. The summed E-state index contributed by atoms with van der Waals surface area (Å²) < 4.78 is 5.48. The lowest BCUT2D eigenvalue weighted by molar-refractivity contribution is 0.150. The van der Waals surface area contributed by atoms with Crippen LogP contribution in [0.4, 0.5) is 0 Å². The van der Waals surface area contributed by atoms with Crippen LogP contribution in [0.5, 0.6) is 0 Å². The van der Waals surface area contributed by atoms with Gasteiger partial charge in [-0.2, -0.15) is 0 Å². The minimum absolute atomic E-state index is 0.204. The number of hydrogen-bond donors (Lipinski definition) is 0. The van der Waals surface area contributed by atoms with Crippen LogP contribution in [0.3, 0.4) is 0 Å². The number of rotatable bonds is 3. The third-order valence-electron chi connectivity index (χ3n) is 3.68. The van der Waals surface area contributed by atoms with Gasteiger partial charge in [0.05, 0.1) is 0 Å². The first-order chi connectivity index (χ1) is 11.4. The molecule has 0 saturated heterocycles. The second-order valence-electron chi connectivity index (χ2n) is 5.24. The molecule has 0 aliphatic heterocycles. The first-order valence-electron chi connectivity index (χ1n) is 7.61. The Labute approximate surface area is 137 Å². The van der Waals surface area contributed by atoms with Gasteiger partial charge in [0.2, 0.25) is 0 Å². The van der Waals surface area contributed by atoms with Crippen molar-refractivity contribution < 1.29 is 4.74 Å². The van der Waals surface area contributed by atoms with Crippen molar-refractivity contribution >= 4 is 0 Å². The zero-order valence-corrected chi connectivity index (χ0v) is 13.1. The molecule has 0 spiro atoms. The predicted molar refractivity (Wildman–Crippen MR) is 94.9 cm³/mol. The summed E-state index contributed by atoms with van der Waals surface area (Å²) in [6, 6.07) is 28.7. The average Bonchev–Trinajstić information content (AvgIpc) is 2.64. The predicted octanol–water partition coefficient (Wildman–Crippen LogP) is 5.09. The van der Waals surface area contributed by atoms with Gasteiger partial charge in [-0.15, -0.1) is 0 Å². The Morgan fingerprint density at radius 2 is 1.26 bits per heavy atom. The fourth-order valence-corrected chi connectivity index (χ4v) is 2.43.